The maximum absolute atomic E-state index is 9.57. The van der Waals surface area contributed by atoms with Crippen LogP contribution in [0.3, 0.4) is 0 Å². The van der Waals surface area contributed by atoms with Crippen LogP contribution in [0.15, 0.2) is 42.7 Å². The van der Waals surface area contributed by atoms with Gasteiger partial charge in [-0.2, -0.15) is 5.10 Å². The molecule has 0 radical (unpaired) electrons. The molecule has 2 aromatic rings. The van der Waals surface area contributed by atoms with Crippen LogP contribution >= 0.6 is 0 Å². The summed E-state index contributed by atoms with van der Waals surface area (Å²) in [6.45, 7) is 7.58. The molecule has 1 atom stereocenters. The molecule has 0 aliphatic heterocycles. The largest absolute Gasteiger partial charge is 0.392 e. The van der Waals surface area contributed by atoms with Gasteiger partial charge in [0.1, 0.15) is 0 Å². The highest BCUT2D eigenvalue weighted by molar-refractivity contribution is 5.30. The van der Waals surface area contributed by atoms with Crippen molar-refractivity contribution in [1.29, 1.82) is 0 Å². The highest BCUT2D eigenvalue weighted by Gasteiger charge is 2.13. The molecule has 0 amide bonds. The number of aromatic nitrogens is 2. The summed E-state index contributed by atoms with van der Waals surface area (Å²) in [7, 11) is 0. The second kappa shape index (κ2) is 6.68. The Morgan fingerprint density at radius 3 is 2.50 bits per heavy atom. The fourth-order valence-corrected chi connectivity index (χ4v) is 2.20. The normalized spacial score (nSPS) is 13.1. The number of hydrogen-bond acceptors (Lipinski definition) is 3. The maximum Gasteiger partial charge on any atom is 0.0645 e. The third kappa shape index (κ3) is 3.92. The summed E-state index contributed by atoms with van der Waals surface area (Å²) in [5, 5.41) is 14.0. The van der Waals surface area contributed by atoms with E-state index < -0.39 is 0 Å². The molecule has 0 aliphatic rings. The van der Waals surface area contributed by atoms with Gasteiger partial charge in [-0.15, -0.1) is 0 Å². The van der Waals surface area contributed by atoms with Crippen LogP contribution in [0.1, 0.15) is 26.3 Å². The summed E-state index contributed by atoms with van der Waals surface area (Å²) in [6, 6.07) is 10.5. The summed E-state index contributed by atoms with van der Waals surface area (Å²) >= 11 is 0. The van der Waals surface area contributed by atoms with E-state index in [1.807, 2.05) is 54.3 Å². The number of aliphatic hydroxyl groups is 1. The van der Waals surface area contributed by atoms with Crippen molar-refractivity contribution in [3.05, 3.63) is 48.3 Å². The van der Waals surface area contributed by atoms with Crippen LogP contribution in [-0.4, -0.2) is 38.5 Å². The van der Waals surface area contributed by atoms with Crippen LogP contribution < -0.4 is 0 Å². The van der Waals surface area contributed by atoms with Crippen molar-refractivity contribution in [3.8, 4) is 5.69 Å². The quantitative estimate of drug-likeness (QED) is 0.879. The molecule has 0 fully saturated rings. The Bertz CT molecular complexity index is 520. The average Bonchev–Trinajstić information content (AvgIpc) is 2.87. The highest BCUT2D eigenvalue weighted by Crippen LogP contribution is 2.11. The van der Waals surface area contributed by atoms with Gasteiger partial charge in [-0.05, 0) is 32.9 Å². The van der Waals surface area contributed by atoms with E-state index in [2.05, 4.69) is 23.8 Å². The van der Waals surface area contributed by atoms with Gasteiger partial charge in [0, 0.05) is 30.9 Å². The van der Waals surface area contributed by atoms with E-state index in [0.29, 0.717) is 12.6 Å². The number of nitrogens with zero attached hydrogens (tertiary/aromatic N) is 3. The zero-order valence-electron chi connectivity index (χ0n) is 12.4. The molecular formula is C16H23N3O. The molecule has 4 nitrogen and oxygen atoms in total. The van der Waals surface area contributed by atoms with Gasteiger partial charge < -0.3 is 5.11 Å². The Balaban J connectivity index is 2.08. The summed E-state index contributed by atoms with van der Waals surface area (Å²) in [5.74, 6) is 0. The van der Waals surface area contributed by atoms with Gasteiger partial charge in [-0.3, -0.25) is 4.90 Å². The number of benzene rings is 1. The van der Waals surface area contributed by atoms with E-state index in [1.165, 1.54) is 0 Å². The molecule has 1 aromatic heterocycles. The lowest BCUT2D eigenvalue weighted by molar-refractivity contribution is 0.103. The SMILES string of the molecule is CC(O)CN(Cc1cnn(-c2ccccc2)c1)C(C)C. The van der Waals surface area contributed by atoms with Crippen molar-refractivity contribution in [2.24, 2.45) is 0 Å². The Kier molecular flexibility index (Phi) is 4.93. The van der Waals surface area contributed by atoms with Crippen molar-refractivity contribution >= 4 is 0 Å². The van der Waals surface area contributed by atoms with Crippen LogP contribution in [0.2, 0.25) is 0 Å². The first-order valence-electron chi connectivity index (χ1n) is 7.07. The molecule has 1 aromatic carbocycles. The molecule has 108 valence electrons. The maximum atomic E-state index is 9.57. The van der Waals surface area contributed by atoms with E-state index in [0.717, 1.165) is 17.8 Å². The van der Waals surface area contributed by atoms with Crippen molar-refractivity contribution in [2.75, 3.05) is 6.54 Å². The predicted molar refractivity (Wildman–Crippen MR) is 80.8 cm³/mol. The Labute approximate surface area is 120 Å². The van der Waals surface area contributed by atoms with E-state index in [4.69, 9.17) is 0 Å². The Morgan fingerprint density at radius 2 is 1.90 bits per heavy atom. The molecular weight excluding hydrogens is 250 g/mol. The summed E-state index contributed by atoms with van der Waals surface area (Å²) in [5.41, 5.74) is 2.22. The molecule has 1 N–H and O–H groups in total. The molecule has 0 spiro atoms. The van der Waals surface area contributed by atoms with Crippen LogP contribution in [0.25, 0.3) is 5.69 Å². The van der Waals surface area contributed by atoms with E-state index in [9.17, 15) is 5.11 Å². The van der Waals surface area contributed by atoms with Gasteiger partial charge in [-0.25, -0.2) is 4.68 Å². The first kappa shape index (κ1) is 14.8. The van der Waals surface area contributed by atoms with Gasteiger partial charge in [0.15, 0.2) is 0 Å². The van der Waals surface area contributed by atoms with Crippen molar-refractivity contribution in [3.63, 3.8) is 0 Å². The highest BCUT2D eigenvalue weighted by atomic mass is 16.3. The number of para-hydroxylation sites is 1. The summed E-state index contributed by atoms with van der Waals surface area (Å²) in [6.07, 6.45) is 3.62. The number of aliphatic hydroxyl groups excluding tert-OH is 1. The van der Waals surface area contributed by atoms with Gasteiger partial charge in [0.2, 0.25) is 0 Å². The minimum atomic E-state index is -0.318. The van der Waals surface area contributed by atoms with E-state index >= 15 is 0 Å². The predicted octanol–water partition coefficient (Wildman–Crippen LogP) is 2.46. The second-order valence-corrected chi connectivity index (χ2v) is 5.50. The molecule has 2 rings (SSSR count). The van der Waals surface area contributed by atoms with Gasteiger partial charge >= 0.3 is 0 Å². The first-order valence-corrected chi connectivity index (χ1v) is 7.07. The van der Waals surface area contributed by atoms with Gasteiger partial charge in [-0.1, -0.05) is 18.2 Å². The molecule has 1 unspecified atom stereocenters. The lowest BCUT2D eigenvalue weighted by Gasteiger charge is -2.27. The molecule has 20 heavy (non-hydrogen) atoms. The molecule has 0 saturated heterocycles. The third-order valence-electron chi connectivity index (χ3n) is 3.27. The van der Waals surface area contributed by atoms with Crippen LogP contribution in [0.5, 0.6) is 0 Å². The Morgan fingerprint density at radius 1 is 1.20 bits per heavy atom. The minimum Gasteiger partial charge on any atom is -0.392 e. The zero-order valence-corrected chi connectivity index (χ0v) is 12.4. The van der Waals surface area contributed by atoms with Crippen LogP contribution in [-0.2, 0) is 6.54 Å². The monoisotopic (exact) mass is 273 g/mol. The Hall–Kier alpha value is -1.65. The number of hydrogen-bond donors (Lipinski definition) is 1. The smallest absolute Gasteiger partial charge is 0.0645 e. The van der Waals surface area contributed by atoms with Crippen molar-refractivity contribution in [2.45, 2.75) is 39.5 Å². The molecule has 0 bridgehead atoms. The molecule has 0 saturated carbocycles. The standard InChI is InChI=1S/C16H23N3O/c1-13(2)18(10-14(3)20)11-15-9-17-19(12-15)16-7-5-4-6-8-16/h4-9,12-14,20H,10-11H2,1-3H3. The molecule has 4 heteroatoms. The molecule has 0 aliphatic carbocycles. The third-order valence-corrected chi connectivity index (χ3v) is 3.27. The lowest BCUT2D eigenvalue weighted by Crippen LogP contribution is -2.35. The minimum absolute atomic E-state index is 0.318. The lowest BCUT2D eigenvalue weighted by atomic mass is 10.2. The van der Waals surface area contributed by atoms with Gasteiger partial charge in [0.05, 0.1) is 18.0 Å². The van der Waals surface area contributed by atoms with Crippen molar-refractivity contribution < 1.29 is 5.11 Å². The fourth-order valence-electron chi connectivity index (χ4n) is 2.20. The summed E-state index contributed by atoms with van der Waals surface area (Å²) in [4.78, 5) is 2.25. The van der Waals surface area contributed by atoms with Crippen molar-refractivity contribution in [1.82, 2.24) is 14.7 Å². The van der Waals surface area contributed by atoms with Gasteiger partial charge in [0.25, 0.3) is 0 Å². The average molecular weight is 273 g/mol. The van der Waals surface area contributed by atoms with Crippen LogP contribution in [0.4, 0.5) is 0 Å². The molecule has 1 heterocycles. The van der Waals surface area contributed by atoms with E-state index in [-0.39, 0.29) is 6.10 Å². The van der Waals surface area contributed by atoms with Crippen LogP contribution in [0, 0.1) is 0 Å². The summed E-state index contributed by atoms with van der Waals surface area (Å²) < 4.78 is 1.89. The second-order valence-electron chi connectivity index (χ2n) is 5.50. The zero-order chi connectivity index (χ0) is 14.5. The number of rotatable bonds is 6. The first-order chi connectivity index (χ1) is 9.56. The topological polar surface area (TPSA) is 41.3 Å². The van der Waals surface area contributed by atoms with E-state index in [1.54, 1.807) is 0 Å². The fraction of sp³-hybridized carbons (Fsp3) is 0.438.